The zero-order chi connectivity index (χ0) is 18.9. The van der Waals surface area contributed by atoms with Crippen LogP contribution >= 0.6 is 23.5 Å². The maximum atomic E-state index is 12.3. The van der Waals surface area contributed by atoms with Gasteiger partial charge in [0, 0.05) is 24.4 Å². The molecule has 0 fully saturated rings. The lowest BCUT2D eigenvalue weighted by atomic mass is 10.2. The summed E-state index contributed by atoms with van der Waals surface area (Å²) < 4.78 is 2.20. The highest BCUT2D eigenvalue weighted by Crippen LogP contribution is 2.22. The lowest BCUT2D eigenvalue weighted by Gasteiger charge is -2.13. The summed E-state index contributed by atoms with van der Waals surface area (Å²) in [7, 11) is 0. The Bertz CT molecular complexity index is 688. The maximum Gasteiger partial charge on any atom is 0.233 e. The topological polar surface area (TPSA) is 59.8 Å². The van der Waals surface area contributed by atoms with Crippen molar-refractivity contribution >= 4 is 29.4 Å². The van der Waals surface area contributed by atoms with E-state index in [2.05, 4.69) is 33.9 Å². The largest absolute Gasteiger partial charge is 0.355 e. The van der Waals surface area contributed by atoms with Crippen molar-refractivity contribution in [1.82, 2.24) is 20.1 Å². The zero-order valence-electron chi connectivity index (χ0n) is 15.9. The Labute approximate surface area is 164 Å². The van der Waals surface area contributed by atoms with Crippen LogP contribution in [0, 0.1) is 5.92 Å². The Hall–Kier alpha value is -1.47. The summed E-state index contributed by atoms with van der Waals surface area (Å²) in [6.07, 6.45) is 3.70. The van der Waals surface area contributed by atoms with Crippen LogP contribution in [0.3, 0.4) is 0 Å². The van der Waals surface area contributed by atoms with E-state index >= 15 is 0 Å². The number of hydrogen-bond donors (Lipinski definition) is 1. The molecule has 1 amide bonds. The van der Waals surface area contributed by atoms with Gasteiger partial charge in [0.1, 0.15) is 5.82 Å². The van der Waals surface area contributed by atoms with Crippen molar-refractivity contribution in [2.45, 2.75) is 55.5 Å². The highest BCUT2D eigenvalue weighted by atomic mass is 32.2. The fourth-order valence-electron chi connectivity index (χ4n) is 2.56. The van der Waals surface area contributed by atoms with E-state index in [-0.39, 0.29) is 11.2 Å². The van der Waals surface area contributed by atoms with Gasteiger partial charge in [-0.1, -0.05) is 43.8 Å². The SMILES string of the molecule is CSc1nnc(CCCNC(=O)C(C)Sc2ccccc2)n1CC(C)C. The third kappa shape index (κ3) is 6.36. The minimum Gasteiger partial charge on any atom is -0.355 e. The molecule has 0 aliphatic carbocycles. The molecule has 26 heavy (non-hydrogen) atoms. The minimum absolute atomic E-state index is 0.0762. The number of carbonyl (C=O) groups is 1. The summed E-state index contributed by atoms with van der Waals surface area (Å²) in [5.74, 6) is 1.63. The van der Waals surface area contributed by atoms with Crippen LogP contribution in [-0.2, 0) is 17.8 Å². The second kappa shape index (κ2) is 10.6. The van der Waals surface area contributed by atoms with Crippen molar-refractivity contribution in [3.63, 3.8) is 0 Å². The molecule has 0 radical (unpaired) electrons. The lowest BCUT2D eigenvalue weighted by molar-refractivity contribution is -0.120. The van der Waals surface area contributed by atoms with Crippen molar-refractivity contribution in [1.29, 1.82) is 0 Å². The molecule has 0 saturated heterocycles. The minimum atomic E-state index is -0.106. The number of thioether (sulfide) groups is 2. The molecule has 1 atom stereocenters. The van der Waals surface area contributed by atoms with E-state index in [0.29, 0.717) is 12.5 Å². The number of benzene rings is 1. The molecule has 5 nitrogen and oxygen atoms in total. The molecule has 2 aromatic rings. The Morgan fingerprint density at radius 3 is 2.58 bits per heavy atom. The van der Waals surface area contributed by atoms with Crippen LogP contribution in [0.4, 0.5) is 0 Å². The van der Waals surface area contributed by atoms with E-state index in [0.717, 1.165) is 35.3 Å². The van der Waals surface area contributed by atoms with Gasteiger partial charge in [0.2, 0.25) is 5.91 Å². The summed E-state index contributed by atoms with van der Waals surface area (Å²) in [4.78, 5) is 13.4. The number of amides is 1. The van der Waals surface area contributed by atoms with Gasteiger partial charge in [-0.2, -0.15) is 0 Å². The molecule has 0 bridgehead atoms. The van der Waals surface area contributed by atoms with Crippen molar-refractivity contribution in [3.05, 3.63) is 36.2 Å². The van der Waals surface area contributed by atoms with Gasteiger partial charge in [-0.3, -0.25) is 4.79 Å². The van der Waals surface area contributed by atoms with Gasteiger partial charge in [-0.25, -0.2) is 0 Å². The van der Waals surface area contributed by atoms with Crippen LogP contribution in [0.5, 0.6) is 0 Å². The number of aryl methyl sites for hydroxylation is 1. The van der Waals surface area contributed by atoms with Gasteiger partial charge in [-0.05, 0) is 37.7 Å². The number of hydrogen-bond acceptors (Lipinski definition) is 5. The summed E-state index contributed by atoms with van der Waals surface area (Å²) in [6, 6.07) is 10.0. The average Bonchev–Trinajstić information content (AvgIpc) is 3.00. The number of nitrogens with one attached hydrogen (secondary N) is 1. The van der Waals surface area contributed by atoms with E-state index in [4.69, 9.17) is 0 Å². The summed E-state index contributed by atoms with van der Waals surface area (Å²) in [5.41, 5.74) is 0. The van der Waals surface area contributed by atoms with Gasteiger partial charge >= 0.3 is 0 Å². The Kier molecular flexibility index (Phi) is 8.51. The number of aromatic nitrogens is 3. The van der Waals surface area contributed by atoms with Crippen molar-refractivity contribution in [2.24, 2.45) is 5.92 Å². The monoisotopic (exact) mass is 392 g/mol. The fourth-order valence-corrected chi connectivity index (χ4v) is 4.00. The molecule has 2 rings (SSSR count). The average molecular weight is 393 g/mol. The van der Waals surface area contributed by atoms with Gasteiger partial charge < -0.3 is 9.88 Å². The molecule has 0 saturated carbocycles. The predicted molar refractivity (Wildman–Crippen MR) is 110 cm³/mol. The molecule has 0 spiro atoms. The number of nitrogens with zero attached hydrogens (tertiary/aromatic N) is 3. The van der Waals surface area contributed by atoms with Gasteiger partial charge in [-0.15, -0.1) is 22.0 Å². The van der Waals surface area contributed by atoms with Crippen LogP contribution in [0.25, 0.3) is 0 Å². The lowest BCUT2D eigenvalue weighted by Crippen LogP contribution is -2.31. The third-order valence-corrected chi connectivity index (χ3v) is 5.60. The quantitative estimate of drug-likeness (QED) is 0.491. The molecule has 1 heterocycles. The van der Waals surface area contributed by atoms with E-state index in [1.165, 1.54) is 0 Å². The van der Waals surface area contributed by atoms with E-state index in [1.54, 1.807) is 23.5 Å². The van der Waals surface area contributed by atoms with Crippen LogP contribution in [0.1, 0.15) is 33.0 Å². The number of rotatable bonds is 10. The summed E-state index contributed by atoms with van der Waals surface area (Å²) in [6.45, 7) is 7.91. The first kappa shape index (κ1) is 20.8. The second-order valence-electron chi connectivity index (χ2n) is 6.58. The first-order valence-corrected chi connectivity index (χ1v) is 11.1. The van der Waals surface area contributed by atoms with Gasteiger partial charge in [0.25, 0.3) is 0 Å². The zero-order valence-corrected chi connectivity index (χ0v) is 17.6. The number of carbonyl (C=O) groups excluding carboxylic acids is 1. The molecule has 1 N–H and O–H groups in total. The molecule has 1 unspecified atom stereocenters. The Balaban J connectivity index is 1.78. The molecular formula is C19H28N4OS2. The highest BCUT2D eigenvalue weighted by Gasteiger charge is 2.15. The highest BCUT2D eigenvalue weighted by molar-refractivity contribution is 8.00. The smallest absolute Gasteiger partial charge is 0.233 e. The molecule has 7 heteroatoms. The normalized spacial score (nSPS) is 12.3. The standard InChI is InChI=1S/C19H28N4OS2/c1-14(2)13-23-17(21-22-19(23)25-4)11-8-12-20-18(24)15(3)26-16-9-6-5-7-10-16/h5-7,9-10,14-15H,8,11-13H2,1-4H3,(H,20,24). The molecule has 0 aliphatic heterocycles. The van der Waals surface area contributed by atoms with Crippen molar-refractivity contribution in [3.8, 4) is 0 Å². The maximum absolute atomic E-state index is 12.3. The molecule has 1 aromatic carbocycles. The van der Waals surface area contributed by atoms with Gasteiger partial charge in [0.15, 0.2) is 5.16 Å². The van der Waals surface area contributed by atoms with E-state index < -0.39 is 0 Å². The Morgan fingerprint density at radius 1 is 1.19 bits per heavy atom. The summed E-state index contributed by atoms with van der Waals surface area (Å²) in [5, 5.41) is 12.5. The third-order valence-electron chi connectivity index (χ3n) is 3.83. The van der Waals surface area contributed by atoms with Crippen molar-refractivity contribution in [2.75, 3.05) is 12.8 Å². The van der Waals surface area contributed by atoms with Crippen LogP contribution in [-0.4, -0.2) is 38.7 Å². The van der Waals surface area contributed by atoms with E-state index in [9.17, 15) is 4.79 Å². The van der Waals surface area contributed by atoms with Crippen molar-refractivity contribution < 1.29 is 4.79 Å². The van der Waals surface area contributed by atoms with Crippen LogP contribution < -0.4 is 5.32 Å². The van der Waals surface area contributed by atoms with Crippen LogP contribution in [0.2, 0.25) is 0 Å². The predicted octanol–water partition coefficient (Wildman–Crippen LogP) is 3.89. The molecule has 0 aliphatic rings. The first-order valence-electron chi connectivity index (χ1n) is 8.96. The summed E-state index contributed by atoms with van der Waals surface area (Å²) >= 11 is 3.20. The van der Waals surface area contributed by atoms with E-state index in [1.807, 2.05) is 43.5 Å². The Morgan fingerprint density at radius 2 is 1.92 bits per heavy atom. The first-order chi connectivity index (χ1) is 12.5. The second-order valence-corrected chi connectivity index (χ2v) is 8.76. The van der Waals surface area contributed by atoms with Crippen LogP contribution in [0.15, 0.2) is 40.4 Å². The fraction of sp³-hybridized carbons (Fsp3) is 0.526. The molecule has 1 aromatic heterocycles. The molecule has 142 valence electrons. The van der Waals surface area contributed by atoms with Gasteiger partial charge in [0.05, 0.1) is 5.25 Å². The molecular weight excluding hydrogens is 364 g/mol.